The maximum atomic E-state index is 13.0. The number of anilines is 2. The fourth-order valence-electron chi connectivity index (χ4n) is 5.27. The van der Waals surface area contributed by atoms with Crippen molar-refractivity contribution in [1.82, 2.24) is 9.88 Å². The second-order valence-electron chi connectivity index (χ2n) is 9.62. The van der Waals surface area contributed by atoms with Crippen molar-refractivity contribution in [2.75, 3.05) is 43.9 Å². The fourth-order valence-corrected chi connectivity index (χ4v) is 5.27. The summed E-state index contributed by atoms with van der Waals surface area (Å²) in [5.41, 5.74) is 6.45. The molecule has 33 heavy (non-hydrogen) atoms. The van der Waals surface area contributed by atoms with Gasteiger partial charge in [-0.25, -0.2) is 0 Å². The first-order chi connectivity index (χ1) is 16.0. The summed E-state index contributed by atoms with van der Waals surface area (Å²) < 4.78 is 0. The van der Waals surface area contributed by atoms with E-state index in [0.717, 1.165) is 24.2 Å². The zero-order chi connectivity index (χ0) is 23.4. The van der Waals surface area contributed by atoms with E-state index in [1.807, 2.05) is 49.3 Å². The molecule has 5 nitrogen and oxygen atoms in total. The first-order valence-electron chi connectivity index (χ1n) is 12.4. The molecule has 5 heteroatoms. The predicted molar refractivity (Wildman–Crippen MR) is 140 cm³/mol. The summed E-state index contributed by atoms with van der Waals surface area (Å²) in [5, 5.41) is 4.39. The molecule has 0 spiro atoms. The van der Waals surface area contributed by atoms with Gasteiger partial charge in [0.15, 0.2) is 0 Å². The topological polar surface area (TPSA) is 51.4 Å². The summed E-state index contributed by atoms with van der Waals surface area (Å²) in [7, 11) is 3.92. The van der Waals surface area contributed by atoms with E-state index in [0.29, 0.717) is 11.5 Å². The van der Waals surface area contributed by atoms with Gasteiger partial charge in [-0.05, 0) is 87.0 Å². The highest BCUT2D eigenvalue weighted by Gasteiger charge is 2.24. The highest BCUT2D eigenvalue weighted by atomic mass is 16.1. The van der Waals surface area contributed by atoms with Crippen molar-refractivity contribution in [2.45, 2.75) is 46.0 Å². The van der Waals surface area contributed by atoms with Gasteiger partial charge in [-0.1, -0.05) is 26.0 Å². The number of aromatic amines is 1. The molecule has 1 amide bonds. The van der Waals surface area contributed by atoms with Crippen molar-refractivity contribution in [3.63, 3.8) is 0 Å². The van der Waals surface area contributed by atoms with Gasteiger partial charge in [-0.3, -0.25) is 4.79 Å². The van der Waals surface area contributed by atoms with Crippen LogP contribution >= 0.6 is 0 Å². The fraction of sp³-hybridized carbons (Fsp3) is 0.464. The zero-order valence-electron chi connectivity index (χ0n) is 20.6. The van der Waals surface area contributed by atoms with Gasteiger partial charge < -0.3 is 20.1 Å². The monoisotopic (exact) mass is 446 g/mol. The van der Waals surface area contributed by atoms with Crippen LogP contribution < -0.4 is 10.2 Å². The van der Waals surface area contributed by atoms with E-state index < -0.39 is 0 Å². The number of nitrogens with zero attached hydrogens (tertiary/aromatic N) is 2. The van der Waals surface area contributed by atoms with Gasteiger partial charge >= 0.3 is 0 Å². The molecule has 0 fully saturated rings. The minimum Gasteiger partial charge on any atom is -0.377 e. The Labute approximate surface area is 198 Å². The van der Waals surface area contributed by atoms with Gasteiger partial charge in [0, 0.05) is 48.6 Å². The van der Waals surface area contributed by atoms with Gasteiger partial charge in [0.05, 0.1) is 5.56 Å². The lowest BCUT2D eigenvalue weighted by atomic mass is 9.86. The lowest BCUT2D eigenvalue weighted by Crippen LogP contribution is -2.33. The van der Waals surface area contributed by atoms with Gasteiger partial charge in [-0.2, -0.15) is 0 Å². The Morgan fingerprint density at radius 1 is 1.09 bits per heavy atom. The van der Waals surface area contributed by atoms with Crippen LogP contribution in [0.3, 0.4) is 0 Å². The van der Waals surface area contributed by atoms with Crippen molar-refractivity contribution >= 4 is 28.2 Å². The molecule has 0 saturated carbocycles. The number of hydrogen-bond donors (Lipinski definition) is 2. The van der Waals surface area contributed by atoms with E-state index in [9.17, 15) is 4.79 Å². The number of fused-ring (bicyclic) bond motifs is 3. The summed E-state index contributed by atoms with van der Waals surface area (Å²) >= 11 is 0. The Balaban J connectivity index is 1.54. The van der Waals surface area contributed by atoms with E-state index in [4.69, 9.17) is 0 Å². The molecule has 1 aromatic heterocycles. The van der Waals surface area contributed by atoms with Crippen LogP contribution in [0.15, 0.2) is 42.5 Å². The number of rotatable bonds is 9. The van der Waals surface area contributed by atoms with Crippen LogP contribution in [0.25, 0.3) is 10.9 Å². The van der Waals surface area contributed by atoms with E-state index in [1.165, 1.54) is 61.1 Å². The average Bonchev–Trinajstić information content (AvgIpc) is 3.16. The van der Waals surface area contributed by atoms with Crippen LogP contribution in [0, 0.1) is 5.92 Å². The molecular weight excluding hydrogens is 408 g/mol. The summed E-state index contributed by atoms with van der Waals surface area (Å²) in [5.74, 6) is 0.621. The van der Waals surface area contributed by atoms with Crippen molar-refractivity contribution in [2.24, 2.45) is 5.92 Å². The third kappa shape index (κ3) is 5.25. The van der Waals surface area contributed by atoms with Crippen molar-refractivity contribution < 1.29 is 4.79 Å². The largest absolute Gasteiger partial charge is 0.377 e. The number of carbonyl (C=O) groups is 1. The lowest BCUT2D eigenvalue weighted by molar-refractivity contribution is 0.102. The Hall–Kier alpha value is -2.79. The Bertz CT molecular complexity index is 1090. The molecule has 1 aliphatic rings. The van der Waals surface area contributed by atoms with Crippen molar-refractivity contribution in [3.05, 3.63) is 59.3 Å². The number of aryl methyl sites for hydroxylation is 1. The molecule has 1 atom stereocenters. The molecule has 1 aliphatic carbocycles. The maximum absolute atomic E-state index is 13.0. The summed E-state index contributed by atoms with van der Waals surface area (Å²) in [4.78, 5) is 21.3. The van der Waals surface area contributed by atoms with Crippen LogP contribution in [0.2, 0.25) is 0 Å². The highest BCUT2D eigenvalue weighted by molar-refractivity contribution is 6.08. The predicted octanol–water partition coefficient (Wildman–Crippen LogP) is 5.71. The van der Waals surface area contributed by atoms with Crippen LogP contribution in [0.5, 0.6) is 0 Å². The quantitative estimate of drug-likeness (QED) is 0.442. The number of para-hydroxylation sites is 1. The average molecular weight is 447 g/mol. The van der Waals surface area contributed by atoms with E-state index in [1.54, 1.807) is 0 Å². The molecule has 176 valence electrons. The van der Waals surface area contributed by atoms with Gasteiger partial charge in [0.25, 0.3) is 5.91 Å². The number of nitrogens with one attached hydrogen (secondary N) is 2. The van der Waals surface area contributed by atoms with E-state index in [2.05, 4.69) is 41.2 Å². The number of aromatic nitrogens is 1. The van der Waals surface area contributed by atoms with Crippen LogP contribution in [-0.4, -0.2) is 49.5 Å². The molecule has 0 saturated heterocycles. The normalized spacial score (nSPS) is 15.6. The number of carbonyl (C=O) groups excluding carboxylic acids is 1. The second kappa shape index (κ2) is 10.4. The highest BCUT2D eigenvalue weighted by Crippen LogP contribution is 2.34. The van der Waals surface area contributed by atoms with Crippen LogP contribution in [-0.2, 0) is 12.8 Å². The summed E-state index contributed by atoms with van der Waals surface area (Å²) in [6.45, 7) is 8.11. The van der Waals surface area contributed by atoms with Gasteiger partial charge in [0.1, 0.15) is 0 Å². The minimum atomic E-state index is -0.0734. The molecular formula is C28H38N4O. The molecule has 0 aliphatic heterocycles. The third-order valence-electron chi connectivity index (χ3n) is 6.77. The maximum Gasteiger partial charge on any atom is 0.257 e. The molecule has 1 unspecified atom stereocenters. The third-order valence-corrected chi connectivity index (χ3v) is 6.77. The van der Waals surface area contributed by atoms with Gasteiger partial charge in [-0.15, -0.1) is 0 Å². The van der Waals surface area contributed by atoms with Crippen molar-refractivity contribution in [3.8, 4) is 0 Å². The molecule has 2 N–H and O–H groups in total. The first kappa shape index (κ1) is 23.4. The summed E-state index contributed by atoms with van der Waals surface area (Å²) in [6.07, 6.45) is 5.89. The Morgan fingerprint density at radius 3 is 2.58 bits per heavy atom. The molecule has 4 rings (SSSR count). The lowest BCUT2D eigenvalue weighted by Gasteiger charge is -2.29. The molecule has 3 aromatic rings. The smallest absolute Gasteiger partial charge is 0.257 e. The number of hydrogen-bond acceptors (Lipinski definition) is 3. The van der Waals surface area contributed by atoms with Crippen molar-refractivity contribution in [1.29, 1.82) is 0 Å². The minimum absolute atomic E-state index is 0.0734. The SMILES string of the molecule is CCCN(CCC)CC1CCc2[nH]c3ccc(NC(=O)c4ccccc4N(C)C)cc3c2C1. The van der Waals surface area contributed by atoms with Crippen LogP contribution in [0.4, 0.5) is 11.4 Å². The number of benzene rings is 2. The van der Waals surface area contributed by atoms with E-state index >= 15 is 0 Å². The first-order valence-corrected chi connectivity index (χ1v) is 12.4. The molecule has 0 bridgehead atoms. The van der Waals surface area contributed by atoms with Gasteiger partial charge in [0.2, 0.25) is 0 Å². The van der Waals surface area contributed by atoms with Crippen LogP contribution in [0.1, 0.15) is 54.7 Å². The summed E-state index contributed by atoms with van der Waals surface area (Å²) in [6, 6.07) is 14.0. The number of H-pyrrole nitrogens is 1. The molecule has 0 radical (unpaired) electrons. The van der Waals surface area contributed by atoms with E-state index in [-0.39, 0.29) is 5.91 Å². The Kier molecular flexibility index (Phi) is 7.39. The number of amides is 1. The zero-order valence-corrected chi connectivity index (χ0v) is 20.6. The standard InChI is InChI=1S/C28H38N4O/c1-5-15-32(16-6-2)19-20-11-13-25-23(17-20)24-18-21(12-14-26(24)30-25)29-28(33)22-9-7-8-10-27(22)31(3)4/h7-10,12,14,18,20,30H,5-6,11,13,15-17,19H2,1-4H3,(H,29,33). The second-order valence-corrected chi connectivity index (χ2v) is 9.62. The Morgan fingerprint density at radius 2 is 1.85 bits per heavy atom. The molecule has 1 heterocycles. The molecule has 2 aromatic carbocycles.